The van der Waals surface area contributed by atoms with E-state index in [1.165, 1.54) is 11.1 Å². The molecule has 18 heavy (non-hydrogen) atoms. The average molecular weight is 237 g/mol. The van der Waals surface area contributed by atoms with E-state index in [0.717, 1.165) is 22.3 Å². The van der Waals surface area contributed by atoms with Crippen LogP contribution < -0.4 is 4.74 Å². The fourth-order valence-corrected chi connectivity index (χ4v) is 2.27. The largest absolute Gasteiger partial charge is 0.496 e. The van der Waals surface area contributed by atoms with Gasteiger partial charge in [-0.2, -0.15) is 0 Å². The molecule has 0 spiro atoms. The molecule has 0 atom stereocenters. The number of aromatic nitrogens is 1. The third kappa shape index (κ3) is 1.76. The highest BCUT2D eigenvalue weighted by atomic mass is 16.5. The molecular formula is C16H15NO. The van der Waals surface area contributed by atoms with Crippen molar-refractivity contribution in [2.75, 3.05) is 7.11 Å². The van der Waals surface area contributed by atoms with Crippen LogP contribution in [0.3, 0.4) is 0 Å². The second-order valence-corrected chi connectivity index (χ2v) is 4.47. The number of nitrogens with one attached hydrogen (secondary N) is 1. The minimum atomic E-state index is 0.905. The van der Waals surface area contributed by atoms with Crippen LogP contribution in [0, 0.1) is 6.92 Å². The summed E-state index contributed by atoms with van der Waals surface area (Å²) in [7, 11) is 1.70. The van der Waals surface area contributed by atoms with E-state index < -0.39 is 0 Å². The summed E-state index contributed by atoms with van der Waals surface area (Å²) in [5, 5.41) is 1.12. The van der Waals surface area contributed by atoms with E-state index >= 15 is 0 Å². The lowest BCUT2D eigenvalue weighted by Gasteiger charge is -1.99. The van der Waals surface area contributed by atoms with Crippen LogP contribution in [0.15, 0.2) is 48.5 Å². The van der Waals surface area contributed by atoms with Crippen LogP contribution in [-0.4, -0.2) is 12.1 Å². The van der Waals surface area contributed by atoms with Crippen molar-refractivity contribution in [1.82, 2.24) is 4.98 Å². The van der Waals surface area contributed by atoms with Crippen LogP contribution >= 0.6 is 0 Å². The Morgan fingerprint density at radius 1 is 1.00 bits per heavy atom. The van der Waals surface area contributed by atoms with E-state index in [4.69, 9.17) is 4.74 Å². The Balaban J connectivity index is 2.19. The van der Waals surface area contributed by atoms with Crippen LogP contribution in [0.4, 0.5) is 0 Å². The molecule has 2 nitrogen and oxygen atoms in total. The van der Waals surface area contributed by atoms with Gasteiger partial charge < -0.3 is 9.72 Å². The summed E-state index contributed by atoms with van der Waals surface area (Å²) >= 11 is 0. The first-order valence-corrected chi connectivity index (χ1v) is 6.01. The third-order valence-corrected chi connectivity index (χ3v) is 3.17. The minimum absolute atomic E-state index is 0.905. The first-order chi connectivity index (χ1) is 8.78. The van der Waals surface area contributed by atoms with Gasteiger partial charge in [-0.1, -0.05) is 29.8 Å². The van der Waals surface area contributed by atoms with Gasteiger partial charge >= 0.3 is 0 Å². The zero-order valence-corrected chi connectivity index (χ0v) is 10.5. The molecule has 0 aliphatic carbocycles. The van der Waals surface area contributed by atoms with Crippen molar-refractivity contribution in [1.29, 1.82) is 0 Å². The second kappa shape index (κ2) is 4.22. The maximum atomic E-state index is 5.38. The number of hydrogen-bond donors (Lipinski definition) is 1. The summed E-state index contributed by atoms with van der Waals surface area (Å²) in [6.07, 6.45) is 0. The summed E-state index contributed by atoms with van der Waals surface area (Å²) < 4.78 is 5.38. The number of benzene rings is 2. The molecule has 0 radical (unpaired) electrons. The molecule has 0 aliphatic rings. The molecule has 1 heterocycles. The molecule has 2 heteroatoms. The first-order valence-electron chi connectivity index (χ1n) is 6.01. The lowest BCUT2D eigenvalue weighted by atomic mass is 10.1. The van der Waals surface area contributed by atoms with Crippen molar-refractivity contribution in [3.8, 4) is 17.0 Å². The minimum Gasteiger partial charge on any atom is -0.496 e. The summed E-state index contributed by atoms with van der Waals surface area (Å²) in [4.78, 5) is 3.43. The third-order valence-electron chi connectivity index (χ3n) is 3.17. The van der Waals surface area contributed by atoms with Crippen LogP contribution in [0.1, 0.15) is 5.56 Å². The predicted molar refractivity (Wildman–Crippen MR) is 75.0 cm³/mol. The fraction of sp³-hybridized carbons (Fsp3) is 0.125. The Kier molecular flexibility index (Phi) is 2.56. The Morgan fingerprint density at radius 2 is 1.83 bits per heavy atom. The topological polar surface area (TPSA) is 25.0 Å². The van der Waals surface area contributed by atoms with E-state index in [2.05, 4.69) is 48.3 Å². The highest BCUT2D eigenvalue weighted by Crippen LogP contribution is 2.30. The van der Waals surface area contributed by atoms with Gasteiger partial charge in [0.2, 0.25) is 0 Å². The summed E-state index contributed by atoms with van der Waals surface area (Å²) in [6, 6.07) is 16.7. The van der Waals surface area contributed by atoms with Crippen molar-refractivity contribution >= 4 is 10.9 Å². The Morgan fingerprint density at radius 3 is 2.61 bits per heavy atom. The van der Waals surface area contributed by atoms with Crippen molar-refractivity contribution in [2.24, 2.45) is 0 Å². The SMILES string of the molecule is COc1cccc2[nH]c(-c3cccc(C)c3)cc12. The molecule has 3 aromatic rings. The monoisotopic (exact) mass is 237 g/mol. The van der Waals surface area contributed by atoms with Gasteiger partial charge in [-0.3, -0.25) is 0 Å². The molecule has 0 fully saturated rings. The number of methoxy groups -OCH3 is 1. The van der Waals surface area contributed by atoms with Gasteiger partial charge in [0.25, 0.3) is 0 Å². The lowest BCUT2D eigenvalue weighted by Crippen LogP contribution is -1.81. The van der Waals surface area contributed by atoms with Crippen molar-refractivity contribution < 1.29 is 4.74 Å². The highest BCUT2D eigenvalue weighted by molar-refractivity contribution is 5.90. The van der Waals surface area contributed by atoms with Crippen LogP contribution in [0.25, 0.3) is 22.2 Å². The zero-order valence-electron chi connectivity index (χ0n) is 10.5. The maximum Gasteiger partial charge on any atom is 0.128 e. The van der Waals surface area contributed by atoms with Crippen molar-refractivity contribution in [2.45, 2.75) is 6.92 Å². The van der Waals surface area contributed by atoms with Gasteiger partial charge in [0, 0.05) is 16.6 Å². The zero-order chi connectivity index (χ0) is 12.5. The smallest absolute Gasteiger partial charge is 0.128 e. The van der Waals surface area contributed by atoms with Gasteiger partial charge in [0.1, 0.15) is 5.75 Å². The molecule has 0 saturated heterocycles. The number of aromatic amines is 1. The molecular weight excluding hydrogens is 222 g/mol. The van der Waals surface area contributed by atoms with E-state index in [1.54, 1.807) is 7.11 Å². The van der Waals surface area contributed by atoms with Gasteiger partial charge in [-0.25, -0.2) is 0 Å². The van der Waals surface area contributed by atoms with Crippen LogP contribution in [0.5, 0.6) is 5.75 Å². The lowest BCUT2D eigenvalue weighted by molar-refractivity contribution is 0.420. The van der Waals surface area contributed by atoms with Crippen LogP contribution in [-0.2, 0) is 0 Å². The number of rotatable bonds is 2. The number of hydrogen-bond acceptors (Lipinski definition) is 1. The molecule has 1 aromatic heterocycles. The molecule has 0 unspecified atom stereocenters. The quantitative estimate of drug-likeness (QED) is 0.711. The van der Waals surface area contributed by atoms with E-state index in [1.807, 2.05) is 12.1 Å². The highest BCUT2D eigenvalue weighted by Gasteiger charge is 2.07. The fourth-order valence-electron chi connectivity index (χ4n) is 2.27. The normalized spacial score (nSPS) is 10.8. The molecule has 0 saturated carbocycles. The van der Waals surface area contributed by atoms with E-state index in [0.29, 0.717) is 0 Å². The van der Waals surface area contributed by atoms with Gasteiger partial charge in [0.05, 0.1) is 7.11 Å². The second-order valence-electron chi connectivity index (χ2n) is 4.47. The maximum absolute atomic E-state index is 5.38. The molecule has 90 valence electrons. The number of ether oxygens (including phenoxy) is 1. The number of aryl methyl sites for hydroxylation is 1. The first kappa shape index (κ1) is 10.9. The summed E-state index contributed by atoms with van der Waals surface area (Å²) in [6.45, 7) is 2.10. The standard InChI is InChI=1S/C16H15NO/c1-11-5-3-6-12(9-11)15-10-13-14(17-15)7-4-8-16(13)18-2/h3-10,17H,1-2H3. The number of fused-ring (bicyclic) bond motifs is 1. The van der Waals surface area contributed by atoms with Crippen LogP contribution in [0.2, 0.25) is 0 Å². The molecule has 0 aliphatic heterocycles. The average Bonchev–Trinajstić information content (AvgIpc) is 2.82. The molecule has 1 N–H and O–H groups in total. The number of H-pyrrole nitrogens is 1. The molecule has 0 amide bonds. The van der Waals surface area contributed by atoms with Crippen molar-refractivity contribution in [3.63, 3.8) is 0 Å². The van der Waals surface area contributed by atoms with Gasteiger partial charge in [-0.05, 0) is 36.8 Å². The Hall–Kier alpha value is -2.22. The molecule has 2 aromatic carbocycles. The molecule has 3 rings (SSSR count). The Bertz CT molecular complexity index is 697. The van der Waals surface area contributed by atoms with E-state index in [9.17, 15) is 0 Å². The van der Waals surface area contributed by atoms with Gasteiger partial charge in [-0.15, -0.1) is 0 Å². The van der Waals surface area contributed by atoms with Gasteiger partial charge in [0.15, 0.2) is 0 Å². The predicted octanol–water partition coefficient (Wildman–Crippen LogP) is 4.15. The summed E-state index contributed by atoms with van der Waals surface area (Å²) in [5.74, 6) is 0.905. The Labute approximate surface area is 106 Å². The van der Waals surface area contributed by atoms with Crippen molar-refractivity contribution in [3.05, 3.63) is 54.1 Å². The van der Waals surface area contributed by atoms with E-state index in [-0.39, 0.29) is 0 Å². The summed E-state index contributed by atoms with van der Waals surface area (Å²) in [5.41, 5.74) is 4.69. The molecule has 0 bridgehead atoms.